The molecule has 0 unspecified atom stereocenters. The van der Waals surface area contributed by atoms with E-state index in [-0.39, 0.29) is 24.7 Å². The molecule has 0 atom stereocenters. The van der Waals surface area contributed by atoms with Crippen molar-refractivity contribution < 1.29 is 19.1 Å². The lowest BCUT2D eigenvalue weighted by atomic mass is 10.2. The number of carbonyl (C=O) groups excluding carboxylic acids is 2. The number of anilines is 1. The van der Waals surface area contributed by atoms with Crippen molar-refractivity contribution in [2.45, 2.75) is 19.8 Å². The molecule has 0 aliphatic carbocycles. The predicted octanol–water partition coefficient (Wildman–Crippen LogP) is 3.73. The topological polar surface area (TPSA) is 89.0 Å². The van der Waals surface area contributed by atoms with Crippen LogP contribution in [0.2, 0.25) is 0 Å². The third-order valence-corrected chi connectivity index (χ3v) is 4.11. The Morgan fingerprint density at radius 3 is 2.50 bits per heavy atom. The van der Waals surface area contributed by atoms with E-state index in [2.05, 4.69) is 31.8 Å². The standard InChI is InChI=1S/C20H22BrN3O4/c1-3-28-17-7-5-16(6-8-17)23-19(25)10-11-20(26)24-22-13-14-12-15(21)4-9-18(14)27-2/h4-9,12-13H,3,10-11H2,1-2H3,(H,23,25)(H,24,26)/b22-13+. The van der Waals surface area contributed by atoms with Gasteiger partial charge in [-0.15, -0.1) is 0 Å². The molecule has 2 rings (SSSR count). The fraction of sp³-hybridized carbons (Fsp3) is 0.250. The second kappa shape index (κ2) is 11.1. The molecule has 0 aliphatic heterocycles. The van der Waals surface area contributed by atoms with E-state index in [1.807, 2.05) is 19.1 Å². The average molecular weight is 448 g/mol. The van der Waals surface area contributed by atoms with Crippen molar-refractivity contribution >= 4 is 39.6 Å². The first kappa shape index (κ1) is 21.4. The number of benzene rings is 2. The molecule has 7 nitrogen and oxygen atoms in total. The van der Waals surface area contributed by atoms with Gasteiger partial charge in [0.05, 0.1) is 19.9 Å². The zero-order valence-electron chi connectivity index (χ0n) is 15.7. The van der Waals surface area contributed by atoms with Crippen LogP contribution < -0.4 is 20.2 Å². The number of nitrogens with zero attached hydrogens (tertiary/aromatic N) is 1. The fourth-order valence-electron chi connectivity index (χ4n) is 2.29. The molecule has 8 heteroatoms. The Kier molecular flexibility index (Phi) is 8.48. The predicted molar refractivity (Wildman–Crippen MR) is 112 cm³/mol. The van der Waals surface area contributed by atoms with Gasteiger partial charge in [0.1, 0.15) is 11.5 Å². The molecule has 0 aliphatic rings. The van der Waals surface area contributed by atoms with Gasteiger partial charge in [-0.3, -0.25) is 9.59 Å². The Labute approximate surface area is 172 Å². The van der Waals surface area contributed by atoms with Crippen molar-refractivity contribution in [3.63, 3.8) is 0 Å². The lowest BCUT2D eigenvalue weighted by Crippen LogP contribution is -2.20. The van der Waals surface area contributed by atoms with Crippen LogP contribution in [0.5, 0.6) is 11.5 Å². The fourth-order valence-corrected chi connectivity index (χ4v) is 2.67. The van der Waals surface area contributed by atoms with Gasteiger partial charge in [-0.2, -0.15) is 5.10 Å². The van der Waals surface area contributed by atoms with E-state index < -0.39 is 0 Å². The third kappa shape index (κ3) is 7.03. The van der Waals surface area contributed by atoms with Crippen molar-refractivity contribution in [1.82, 2.24) is 5.43 Å². The highest BCUT2D eigenvalue weighted by Gasteiger charge is 2.07. The Hall–Kier alpha value is -2.87. The van der Waals surface area contributed by atoms with Crippen LogP contribution in [-0.4, -0.2) is 31.7 Å². The van der Waals surface area contributed by atoms with Crippen LogP contribution >= 0.6 is 15.9 Å². The number of carbonyl (C=O) groups is 2. The summed E-state index contributed by atoms with van der Waals surface area (Å²) in [5.74, 6) is 0.764. The number of rotatable bonds is 9. The van der Waals surface area contributed by atoms with E-state index in [1.165, 1.54) is 6.21 Å². The SMILES string of the molecule is CCOc1ccc(NC(=O)CCC(=O)N/N=C/c2cc(Br)ccc2OC)cc1. The second-order valence-electron chi connectivity index (χ2n) is 5.69. The van der Waals surface area contributed by atoms with Crippen LogP contribution in [0.25, 0.3) is 0 Å². The van der Waals surface area contributed by atoms with Crippen LogP contribution in [0, 0.1) is 0 Å². The normalized spacial score (nSPS) is 10.5. The molecular formula is C20H22BrN3O4. The summed E-state index contributed by atoms with van der Waals surface area (Å²) >= 11 is 3.37. The number of amides is 2. The van der Waals surface area contributed by atoms with Gasteiger partial charge in [-0.05, 0) is 49.4 Å². The van der Waals surface area contributed by atoms with E-state index in [9.17, 15) is 9.59 Å². The number of hydrogen-bond donors (Lipinski definition) is 2. The zero-order valence-corrected chi connectivity index (χ0v) is 17.3. The van der Waals surface area contributed by atoms with Crippen molar-refractivity contribution in [3.05, 3.63) is 52.5 Å². The number of ether oxygens (including phenoxy) is 2. The van der Waals surface area contributed by atoms with Gasteiger partial charge in [0.15, 0.2) is 0 Å². The van der Waals surface area contributed by atoms with Crippen molar-refractivity contribution in [3.8, 4) is 11.5 Å². The van der Waals surface area contributed by atoms with Gasteiger partial charge in [0, 0.05) is 28.6 Å². The Balaban J connectivity index is 1.77. The molecule has 28 heavy (non-hydrogen) atoms. The van der Waals surface area contributed by atoms with Crippen LogP contribution in [0.1, 0.15) is 25.3 Å². The molecule has 0 bridgehead atoms. The summed E-state index contributed by atoms with van der Waals surface area (Å²) < 4.78 is 11.4. The smallest absolute Gasteiger partial charge is 0.240 e. The van der Waals surface area contributed by atoms with E-state index in [1.54, 1.807) is 37.4 Å². The molecule has 2 amide bonds. The lowest BCUT2D eigenvalue weighted by Gasteiger charge is -2.07. The van der Waals surface area contributed by atoms with E-state index >= 15 is 0 Å². The summed E-state index contributed by atoms with van der Waals surface area (Å²) in [5.41, 5.74) is 3.77. The Bertz CT molecular complexity index is 838. The summed E-state index contributed by atoms with van der Waals surface area (Å²) in [4.78, 5) is 23.8. The van der Waals surface area contributed by atoms with Gasteiger partial charge in [0.2, 0.25) is 11.8 Å². The van der Waals surface area contributed by atoms with Crippen LogP contribution in [0.4, 0.5) is 5.69 Å². The first-order valence-corrected chi connectivity index (χ1v) is 9.49. The van der Waals surface area contributed by atoms with Crippen LogP contribution in [0.15, 0.2) is 52.0 Å². The molecule has 0 heterocycles. The Morgan fingerprint density at radius 2 is 1.82 bits per heavy atom. The summed E-state index contributed by atoms with van der Waals surface area (Å²) in [6.07, 6.45) is 1.56. The third-order valence-electron chi connectivity index (χ3n) is 3.61. The lowest BCUT2D eigenvalue weighted by molar-refractivity contribution is -0.124. The summed E-state index contributed by atoms with van der Waals surface area (Å²) in [6, 6.07) is 12.5. The minimum absolute atomic E-state index is 0.0236. The number of hydrogen-bond acceptors (Lipinski definition) is 5. The van der Waals surface area contributed by atoms with Crippen molar-refractivity contribution in [2.24, 2.45) is 5.10 Å². The molecule has 0 saturated heterocycles. The molecule has 0 fully saturated rings. The zero-order chi connectivity index (χ0) is 20.4. The van der Waals surface area contributed by atoms with Gasteiger partial charge in [-0.25, -0.2) is 5.43 Å². The van der Waals surface area contributed by atoms with E-state index in [0.717, 1.165) is 10.2 Å². The van der Waals surface area contributed by atoms with Crippen molar-refractivity contribution in [1.29, 1.82) is 0 Å². The highest BCUT2D eigenvalue weighted by atomic mass is 79.9. The quantitative estimate of drug-likeness (QED) is 0.452. The summed E-state index contributed by atoms with van der Waals surface area (Å²) in [5, 5.41) is 6.64. The van der Waals surface area contributed by atoms with E-state index in [4.69, 9.17) is 9.47 Å². The van der Waals surface area contributed by atoms with Gasteiger partial charge in [-0.1, -0.05) is 15.9 Å². The maximum Gasteiger partial charge on any atom is 0.240 e. The molecular weight excluding hydrogens is 426 g/mol. The molecule has 2 aromatic carbocycles. The number of nitrogens with one attached hydrogen (secondary N) is 2. The number of hydrazone groups is 1. The van der Waals surface area contributed by atoms with Gasteiger partial charge in [0.25, 0.3) is 0 Å². The molecule has 2 aromatic rings. The monoisotopic (exact) mass is 447 g/mol. The molecule has 2 N–H and O–H groups in total. The summed E-state index contributed by atoms with van der Waals surface area (Å²) in [6.45, 7) is 2.48. The molecule has 0 spiro atoms. The first-order chi connectivity index (χ1) is 13.5. The minimum atomic E-state index is -0.355. The van der Waals surface area contributed by atoms with Crippen LogP contribution in [0.3, 0.4) is 0 Å². The van der Waals surface area contributed by atoms with Crippen molar-refractivity contribution in [2.75, 3.05) is 19.0 Å². The maximum atomic E-state index is 12.0. The molecule has 0 radical (unpaired) electrons. The Morgan fingerprint density at radius 1 is 1.11 bits per heavy atom. The molecule has 0 saturated carbocycles. The molecule has 148 valence electrons. The first-order valence-electron chi connectivity index (χ1n) is 8.70. The molecule has 0 aromatic heterocycles. The highest BCUT2D eigenvalue weighted by molar-refractivity contribution is 9.10. The summed E-state index contributed by atoms with van der Waals surface area (Å²) in [7, 11) is 1.56. The largest absolute Gasteiger partial charge is 0.496 e. The van der Waals surface area contributed by atoms with Gasteiger partial charge >= 0.3 is 0 Å². The van der Waals surface area contributed by atoms with Gasteiger partial charge < -0.3 is 14.8 Å². The minimum Gasteiger partial charge on any atom is -0.496 e. The number of methoxy groups -OCH3 is 1. The highest BCUT2D eigenvalue weighted by Crippen LogP contribution is 2.21. The number of halogens is 1. The average Bonchev–Trinajstić information content (AvgIpc) is 2.68. The maximum absolute atomic E-state index is 12.0. The van der Waals surface area contributed by atoms with E-state index in [0.29, 0.717) is 23.6 Å². The second-order valence-corrected chi connectivity index (χ2v) is 6.60. The van der Waals surface area contributed by atoms with Crippen LogP contribution in [-0.2, 0) is 9.59 Å².